The van der Waals surface area contributed by atoms with E-state index in [0.717, 1.165) is 142 Å². The van der Waals surface area contributed by atoms with Crippen LogP contribution < -0.4 is 92.1 Å². The summed E-state index contributed by atoms with van der Waals surface area (Å²) in [6.07, 6.45) is 0. The van der Waals surface area contributed by atoms with Gasteiger partial charge in [-0.1, -0.05) is 229 Å². The second-order valence-electron chi connectivity index (χ2n) is 35.3. The Hall–Kier alpha value is -14.9. The molecule has 0 bridgehead atoms. The maximum atomic E-state index is 8.31. The van der Waals surface area contributed by atoms with Crippen molar-refractivity contribution >= 4 is 242 Å². The number of hydrogen-bond acceptors (Lipinski definition) is 11. The quantitative estimate of drug-likeness (QED) is 0.114. The predicted octanol–water partition coefficient (Wildman–Crippen LogP) is 25.8. The first-order valence-electron chi connectivity index (χ1n) is 44.4. The van der Waals surface area contributed by atoms with Crippen molar-refractivity contribution in [2.45, 2.75) is 55.4 Å². The Balaban J connectivity index is 0.803. The van der Waals surface area contributed by atoms with Crippen LogP contribution in [0.15, 0.2) is 364 Å². The number of benzene rings is 17. The third-order valence-corrected chi connectivity index (χ3v) is 29.5. The number of ether oxygens (including phenoxy) is 1. The van der Waals surface area contributed by atoms with Crippen LogP contribution in [0.1, 0.15) is 44.5 Å². The van der Waals surface area contributed by atoms with E-state index < -0.39 is 6.71 Å². The van der Waals surface area contributed by atoms with E-state index in [1.807, 2.05) is 22.7 Å². The number of thiophene rings is 2. The van der Waals surface area contributed by atoms with Gasteiger partial charge in [0.1, 0.15) is 11.5 Å². The molecule has 0 amide bonds. The lowest BCUT2D eigenvalue weighted by Crippen LogP contribution is -2.65. The highest BCUT2D eigenvalue weighted by Crippen LogP contribution is 2.56. The van der Waals surface area contributed by atoms with Crippen molar-refractivity contribution < 1.29 is 4.74 Å². The lowest BCUT2D eigenvalue weighted by atomic mass is 9.30. The Morgan fingerprint density at radius 3 is 1.07 bits per heavy atom. The van der Waals surface area contributed by atoms with E-state index in [1.54, 1.807) is 0 Å². The third kappa shape index (κ3) is 11.7. The minimum atomic E-state index is -0.393. The van der Waals surface area contributed by atoms with Crippen LogP contribution in [0.2, 0.25) is 0 Å². The Labute approximate surface area is 755 Å². The molecule has 0 aliphatic carbocycles. The highest BCUT2D eigenvalue weighted by atomic mass is 32.1. The van der Waals surface area contributed by atoms with Crippen LogP contribution in [-0.4, -0.2) is 20.1 Å². The zero-order valence-corrected chi connectivity index (χ0v) is 73.9. The molecule has 2 aromatic heterocycles. The summed E-state index contributed by atoms with van der Waals surface area (Å²) >= 11 is 3.87. The van der Waals surface area contributed by atoms with E-state index in [4.69, 9.17) is 4.74 Å². The zero-order valence-electron chi connectivity index (χ0n) is 72.2. The van der Waals surface area contributed by atoms with Gasteiger partial charge in [0.2, 0.25) is 0 Å². The van der Waals surface area contributed by atoms with Crippen molar-refractivity contribution in [2.75, 3.05) is 39.6 Å². The summed E-state index contributed by atoms with van der Waals surface area (Å²) < 4.78 is 13.4. The Morgan fingerprint density at radius 1 is 0.250 bits per heavy atom. The smallest absolute Gasteiger partial charge is 0.264 e. The maximum Gasteiger partial charge on any atom is 0.264 e. The van der Waals surface area contributed by atoms with Gasteiger partial charge in [0, 0.05) is 133 Å². The molecule has 608 valence electrons. The van der Waals surface area contributed by atoms with Crippen LogP contribution in [0.25, 0.3) is 20.2 Å². The molecule has 25 rings (SSSR count). The van der Waals surface area contributed by atoms with Crippen LogP contribution in [-0.2, 0) is 0 Å². The summed E-state index contributed by atoms with van der Waals surface area (Å²) in [4.78, 5) is 17.8. The number of anilines is 23. The number of nitrogens with one attached hydrogen (secondary N) is 1. The van der Waals surface area contributed by atoms with Crippen molar-refractivity contribution in [1.29, 1.82) is 0 Å². The van der Waals surface area contributed by atoms with Crippen LogP contribution >= 0.6 is 22.7 Å². The molecule has 8 heterocycles. The van der Waals surface area contributed by atoms with Crippen molar-refractivity contribution in [3.8, 4) is 11.5 Å². The van der Waals surface area contributed by atoms with Gasteiger partial charge in [-0.3, -0.25) is 0 Å². The molecule has 0 saturated heterocycles. The van der Waals surface area contributed by atoms with Crippen molar-refractivity contribution in [1.82, 2.24) is 0 Å². The minimum Gasteiger partial charge on any atom is -0.458 e. The van der Waals surface area contributed by atoms with Gasteiger partial charge in [-0.2, -0.15) is 0 Å². The van der Waals surface area contributed by atoms with Crippen LogP contribution in [0.3, 0.4) is 0 Å². The molecule has 9 nitrogen and oxygen atoms in total. The number of fused-ring (bicyclic) bond motifs is 16. The summed E-state index contributed by atoms with van der Waals surface area (Å²) in [6.45, 7) is 17.2. The van der Waals surface area contributed by atoms with Gasteiger partial charge in [0.25, 0.3) is 20.1 Å². The number of hydrogen-bond donors (Lipinski definition) is 1. The molecule has 6 aliphatic rings. The van der Waals surface area contributed by atoms with E-state index in [0.29, 0.717) is 0 Å². The van der Waals surface area contributed by atoms with E-state index in [-0.39, 0.29) is 13.4 Å². The molecule has 0 radical (unpaired) electrons. The molecule has 0 fully saturated rings. The average molecular weight is 1680 g/mol. The van der Waals surface area contributed by atoms with E-state index in [1.165, 1.54) is 113 Å². The van der Waals surface area contributed by atoms with Gasteiger partial charge in [-0.15, -0.1) is 22.7 Å². The number of nitrogens with zero attached hydrogens (tertiary/aromatic N) is 7. The topological polar surface area (TPSA) is 43.9 Å². The standard InChI is InChI=1S/C114H85B3N8OS2/c1-69-47-51-83(52-48-69)121(84-53-49-70(2)50-54-84)85-59-95-106-98(60-85)122(81-39-23-13-24-40-81)111-88-43-27-29-45-104(88)127-113(111)116(106)90-65-91-96(67-94(90)118-95)124(109-73(5)55-71(3)56-74(109)6)101-63-87(120(79-35-19-11-20-36-79)80-37-21-12-22-38-80)64-103-108(101)115(91)93-66-92-97(68-102(93)126-103)125(110-75(7)57-72(4)58-76(110)8)100-62-86(119(77-31-15-9-16-32-77)78-33-17-10-18-34-78)61-99-107(100)117(92)114-112(89-44-28-30-46-105(89)128-114)123(99)82-41-25-14-26-42-82/h9-68,118H,1-8H3. The minimum absolute atomic E-state index is 0.224. The molecule has 0 spiro atoms. The zero-order chi connectivity index (χ0) is 85.6. The molecular weight excluding hydrogens is 1590 g/mol. The van der Waals surface area contributed by atoms with Crippen molar-refractivity contribution in [3.63, 3.8) is 0 Å². The Bertz CT molecular complexity index is 7620. The largest absolute Gasteiger partial charge is 0.458 e. The number of para-hydroxylation sites is 6. The molecule has 17 aromatic carbocycles. The van der Waals surface area contributed by atoms with Gasteiger partial charge in [-0.05, 0) is 261 Å². The van der Waals surface area contributed by atoms with E-state index in [9.17, 15) is 0 Å². The first-order chi connectivity index (χ1) is 62.8. The summed E-state index contributed by atoms with van der Waals surface area (Å²) in [5.41, 5.74) is 42.9. The summed E-state index contributed by atoms with van der Waals surface area (Å²) in [7, 11) is 0. The molecule has 0 saturated carbocycles. The fourth-order valence-corrected chi connectivity index (χ4v) is 24.7. The molecule has 19 aromatic rings. The fourth-order valence-electron chi connectivity index (χ4n) is 22.1. The predicted molar refractivity (Wildman–Crippen MR) is 548 cm³/mol. The second-order valence-corrected chi connectivity index (χ2v) is 37.5. The Kier molecular flexibility index (Phi) is 17.3. The molecule has 14 heteroatoms. The van der Waals surface area contributed by atoms with Crippen molar-refractivity contribution in [3.05, 3.63) is 408 Å². The molecule has 0 unspecified atom stereocenters. The van der Waals surface area contributed by atoms with Crippen LogP contribution in [0, 0.1) is 55.4 Å². The highest BCUT2D eigenvalue weighted by Gasteiger charge is 2.52. The van der Waals surface area contributed by atoms with Gasteiger partial charge in [0.05, 0.1) is 39.8 Å². The summed E-state index contributed by atoms with van der Waals surface area (Å²) in [6, 6.07) is 137. The summed E-state index contributed by atoms with van der Waals surface area (Å²) in [5.74, 6) is 1.61. The second kappa shape index (κ2) is 29.3. The van der Waals surface area contributed by atoms with Gasteiger partial charge < -0.3 is 44.4 Å². The van der Waals surface area contributed by atoms with E-state index >= 15 is 0 Å². The average Bonchev–Trinajstić information content (AvgIpc) is 1.17. The first-order valence-corrected chi connectivity index (χ1v) is 46.0. The first kappa shape index (κ1) is 75.6. The lowest BCUT2D eigenvalue weighted by molar-refractivity contribution is 0.488. The molecule has 128 heavy (non-hydrogen) atoms. The fraction of sp³-hybridized carbons (Fsp3) is 0.0702. The number of rotatable bonds is 13. The monoisotopic (exact) mass is 1680 g/mol. The lowest BCUT2D eigenvalue weighted by Gasteiger charge is -2.46. The maximum absolute atomic E-state index is 8.31. The number of aryl methyl sites for hydroxylation is 8. The molecular formula is C114H85B3N8OS2. The molecule has 1 N–H and O–H groups in total. The molecule has 0 atom stereocenters. The molecule has 6 aliphatic heterocycles. The van der Waals surface area contributed by atoms with Crippen molar-refractivity contribution in [2.24, 2.45) is 0 Å². The third-order valence-electron chi connectivity index (χ3n) is 27.1. The van der Waals surface area contributed by atoms with Gasteiger partial charge >= 0.3 is 0 Å². The highest BCUT2D eigenvalue weighted by molar-refractivity contribution is 7.34. The summed E-state index contributed by atoms with van der Waals surface area (Å²) in [5, 5.41) is 6.86. The Morgan fingerprint density at radius 2 is 0.609 bits per heavy atom. The van der Waals surface area contributed by atoms with E-state index in [2.05, 4.69) is 459 Å². The normalized spacial score (nSPS) is 13.2. The van der Waals surface area contributed by atoms with Gasteiger partial charge in [-0.25, -0.2) is 0 Å². The van der Waals surface area contributed by atoms with Crippen LogP contribution in [0.4, 0.5) is 131 Å². The SMILES string of the molecule is Cc1ccc(N(c2ccc(C)cc2)c2cc3c4c(c2)N(c2ccccc2)c2c(sc5ccccc25)B4c2cc4c(cc2N3)N(c2c(C)cc(C)cc2C)c2cc(N(c3ccccc3)c3ccccc3)cc3c2B4c2cc4c(cc2O3)N(c2c(C)cc(C)cc2C)c2cc(N(c3ccccc3)c3ccccc3)cc3c2B4c2sc4ccccc4c2N3c2ccccc2)cc1. The van der Waals surface area contributed by atoms with Gasteiger partial charge in [0.15, 0.2) is 0 Å². The van der Waals surface area contributed by atoms with Crippen LogP contribution in [0.5, 0.6) is 11.5 Å².